The Hall–Kier alpha value is -3.20. The number of nitrogens with zero attached hydrogens (tertiary/aromatic N) is 10. The van der Waals surface area contributed by atoms with Crippen LogP contribution < -0.4 is 12.3 Å². The fourth-order valence-electron chi connectivity index (χ4n) is 1.02. The van der Waals surface area contributed by atoms with E-state index in [2.05, 4.69) is 41.2 Å². The zero-order chi connectivity index (χ0) is 11.8. The average molecular weight is 272 g/mol. The summed E-state index contributed by atoms with van der Waals surface area (Å²) in [6, 6.07) is 0. The molecule has 0 saturated heterocycles. The number of hydrogen-bond donors (Lipinski definition) is 2. The highest BCUT2D eigenvalue weighted by Crippen LogP contribution is 2.16. The van der Waals surface area contributed by atoms with Crippen molar-refractivity contribution in [2.75, 3.05) is 0 Å². The van der Waals surface area contributed by atoms with E-state index in [1.165, 1.54) is 0 Å². The lowest BCUT2D eigenvalue weighted by Gasteiger charge is -2.01. The van der Waals surface area contributed by atoms with Crippen LogP contribution >= 0.6 is 0 Å². The van der Waals surface area contributed by atoms with Crippen molar-refractivity contribution in [3.63, 3.8) is 0 Å². The van der Waals surface area contributed by atoms with E-state index in [0.29, 0.717) is 0 Å². The SMILES string of the molecule is [NH4+].[NH4+].[O-]n1nnnc1-c1noc(-c2nnnn2[O-])n1. The fourth-order valence-corrected chi connectivity index (χ4v) is 1.02. The van der Waals surface area contributed by atoms with E-state index in [-0.39, 0.29) is 45.4 Å². The highest BCUT2D eigenvalue weighted by Gasteiger charge is 2.17. The zero-order valence-electron chi connectivity index (χ0n) is 9.70. The van der Waals surface area contributed by atoms with Crippen LogP contribution in [0.25, 0.3) is 23.4 Å². The molecule has 3 heterocycles. The van der Waals surface area contributed by atoms with Crippen molar-refractivity contribution in [3.05, 3.63) is 10.4 Å². The number of tetrazole rings is 2. The molecule has 0 amide bonds. The fraction of sp³-hybridized carbons (Fsp3) is 0. The van der Waals surface area contributed by atoms with Gasteiger partial charge in [-0.15, -0.1) is 10.2 Å². The molecule has 0 atom stereocenters. The summed E-state index contributed by atoms with van der Waals surface area (Å²) >= 11 is 0. The molecule has 0 fully saturated rings. The Labute approximate surface area is 102 Å². The third-order valence-corrected chi connectivity index (χ3v) is 1.70. The summed E-state index contributed by atoms with van der Waals surface area (Å²) in [5, 5.41) is 44.5. The number of hydrogen-bond acceptors (Lipinski definition) is 11. The molecule has 3 rings (SSSR count). The lowest BCUT2D eigenvalue weighted by molar-refractivity contribution is 0.427. The smallest absolute Gasteiger partial charge is 0.297 e. The number of quaternary nitrogens is 2. The predicted molar refractivity (Wildman–Crippen MR) is 57.4 cm³/mol. The maximum absolute atomic E-state index is 11.0. The molecule has 15 heteroatoms. The maximum Gasteiger partial charge on any atom is 0.297 e. The quantitative estimate of drug-likeness (QED) is 0.561. The monoisotopic (exact) mass is 272 g/mol. The van der Waals surface area contributed by atoms with Gasteiger partial charge in [-0.25, -0.2) is 4.85 Å². The molecule has 0 aliphatic carbocycles. The van der Waals surface area contributed by atoms with Gasteiger partial charge in [-0.1, -0.05) is 5.16 Å². The minimum atomic E-state index is -0.284. The third-order valence-electron chi connectivity index (χ3n) is 1.70. The maximum atomic E-state index is 11.0. The second-order valence-corrected chi connectivity index (χ2v) is 2.67. The van der Waals surface area contributed by atoms with Crippen LogP contribution in [0.1, 0.15) is 0 Å². The molecule has 0 aliphatic heterocycles. The summed E-state index contributed by atoms with van der Waals surface area (Å²) in [7, 11) is 0. The van der Waals surface area contributed by atoms with E-state index in [1.54, 1.807) is 0 Å². The van der Waals surface area contributed by atoms with E-state index >= 15 is 0 Å². The Balaban J connectivity index is 0.000000902. The van der Waals surface area contributed by atoms with E-state index < -0.39 is 0 Å². The molecule has 19 heavy (non-hydrogen) atoms. The molecular weight excluding hydrogens is 264 g/mol. The van der Waals surface area contributed by atoms with Crippen molar-refractivity contribution in [3.8, 4) is 23.4 Å². The molecule has 8 N–H and O–H groups in total. The standard InChI is InChI=1S/C4N10O3.2H3N/c15-13-2(6-9-11-13)1-5-4(17-8-1)3-7-10-12-14(3)16;;/h;2*1H3/q-2;;/p+2. The highest BCUT2D eigenvalue weighted by atomic mass is 16.5. The van der Waals surface area contributed by atoms with Crippen molar-refractivity contribution < 1.29 is 4.52 Å². The topological polar surface area (TPSA) is 245 Å². The summed E-state index contributed by atoms with van der Waals surface area (Å²) in [6.07, 6.45) is 0. The molecule has 0 saturated carbocycles. The van der Waals surface area contributed by atoms with Crippen LogP contribution in [0.4, 0.5) is 0 Å². The van der Waals surface area contributed by atoms with Gasteiger partial charge in [-0.2, -0.15) is 4.98 Å². The molecule has 3 aromatic rings. The van der Waals surface area contributed by atoms with Crippen LogP contribution in [0.15, 0.2) is 4.52 Å². The van der Waals surface area contributed by atoms with E-state index in [9.17, 15) is 10.4 Å². The van der Waals surface area contributed by atoms with Gasteiger partial charge in [-0.3, -0.25) is 4.85 Å². The van der Waals surface area contributed by atoms with Gasteiger partial charge in [0.25, 0.3) is 5.89 Å². The molecule has 3 aromatic heterocycles. The van der Waals surface area contributed by atoms with Crippen LogP contribution in [0.3, 0.4) is 0 Å². The van der Waals surface area contributed by atoms with Gasteiger partial charge in [0.1, 0.15) is 0 Å². The van der Waals surface area contributed by atoms with Gasteiger partial charge < -0.3 is 27.2 Å². The third kappa shape index (κ3) is 2.12. The first-order valence-corrected chi connectivity index (χ1v) is 4.02. The van der Waals surface area contributed by atoms with Crippen molar-refractivity contribution >= 4 is 0 Å². The first-order valence-electron chi connectivity index (χ1n) is 4.02. The van der Waals surface area contributed by atoms with Crippen LogP contribution in [-0.4, -0.2) is 50.9 Å². The van der Waals surface area contributed by atoms with Crippen molar-refractivity contribution in [2.45, 2.75) is 0 Å². The van der Waals surface area contributed by atoms with Crippen LogP contribution in [-0.2, 0) is 0 Å². The molecule has 0 aromatic carbocycles. The first-order chi connectivity index (χ1) is 8.25. The average Bonchev–Trinajstić information content (AvgIpc) is 2.97. The Morgan fingerprint density at radius 1 is 0.895 bits per heavy atom. The van der Waals surface area contributed by atoms with Gasteiger partial charge >= 0.3 is 0 Å². The summed E-state index contributed by atoms with van der Waals surface area (Å²) in [4.78, 5) is 3.91. The summed E-state index contributed by atoms with van der Waals surface area (Å²) in [5.74, 6) is -0.968. The van der Waals surface area contributed by atoms with Gasteiger partial charge in [-0.05, 0) is 20.9 Å². The molecule has 15 nitrogen and oxygen atoms in total. The number of aromatic nitrogens is 10. The molecule has 0 bridgehead atoms. The van der Waals surface area contributed by atoms with Gasteiger partial charge in [0.05, 0.1) is 0 Å². The highest BCUT2D eigenvalue weighted by molar-refractivity contribution is 5.48. The van der Waals surface area contributed by atoms with Crippen LogP contribution in [0, 0.1) is 10.4 Å². The zero-order valence-corrected chi connectivity index (χ0v) is 9.70. The second kappa shape index (κ2) is 4.98. The van der Waals surface area contributed by atoms with E-state index in [0.717, 1.165) is 0 Å². The molecule has 0 aliphatic rings. The largest absolute Gasteiger partial charge is 0.787 e. The summed E-state index contributed by atoms with van der Waals surface area (Å²) in [5.41, 5.74) is 0. The van der Waals surface area contributed by atoms with Gasteiger partial charge in [0.15, 0.2) is 0 Å². The lowest BCUT2D eigenvalue weighted by Crippen LogP contribution is -1.95. The summed E-state index contributed by atoms with van der Waals surface area (Å²) < 4.78 is 4.70. The van der Waals surface area contributed by atoms with E-state index in [4.69, 9.17) is 4.52 Å². The predicted octanol–water partition coefficient (Wildman–Crippen LogP) is -1.18. The molecule has 102 valence electrons. The lowest BCUT2D eigenvalue weighted by atomic mass is 10.5. The minimum absolute atomic E-state index is 0. The Kier molecular flexibility index (Phi) is 3.63. The van der Waals surface area contributed by atoms with Gasteiger partial charge in [0.2, 0.25) is 17.5 Å². The summed E-state index contributed by atoms with van der Waals surface area (Å²) in [6.45, 7) is 0. The number of rotatable bonds is 2. The van der Waals surface area contributed by atoms with Crippen LogP contribution in [0.2, 0.25) is 0 Å². The van der Waals surface area contributed by atoms with Crippen molar-refractivity contribution in [1.82, 2.24) is 63.2 Å². The normalized spacial score (nSPS) is 9.68. The van der Waals surface area contributed by atoms with Crippen molar-refractivity contribution in [1.29, 1.82) is 0 Å². The molecule has 0 radical (unpaired) electrons. The Bertz CT molecular complexity index is 599. The molecule has 0 spiro atoms. The minimum Gasteiger partial charge on any atom is -0.787 e. The van der Waals surface area contributed by atoms with Gasteiger partial charge in [0, 0.05) is 0 Å². The molecular formula is C4H8N12O3. The van der Waals surface area contributed by atoms with Crippen molar-refractivity contribution in [2.24, 2.45) is 0 Å². The first kappa shape index (κ1) is 13.9. The Morgan fingerprint density at radius 3 is 2.00 bits per heavy atom. The van der Waals surface area contributed by atoms with E-state index in [1.807, 2.05) is 0 Å². The van der Waals surface area contributed by atoms with Crippen LogP contribution in [0.5, 0.6) is 0 Å². The second-order valence-electron chi connectivity index (χ2n) is 2.67. The molecule has 0 unspecified atom stereocenters. The Morgan fingerprint density at radius 2 is 1.47 bits per heavy atom.